The van der Waals surface area contributed by atoms with Crippen LogP contribution in [0.25, 0.3) is 0 Å². The summed E-state index contributed by atoms with van der Waals surface area (Å²) in [4.78, 5) is 7.21. The molecular weight excluding hydrogens is 372 g/mol. The Morgan fingerprint density at radius 2 is 2.00 bits per heavy atom. The minimum absolute atomic E-state index is 0.348. The van der Waals surface area contributed by atoms with Gasteiger partial charge in [0, 0.05) is 31.7 Å². The summed E-state index contributed by atoms with van der Waals surface area (Å²) in [5, 5.41) is 17.4. The van der Waals surface area contributed by atoms with Gasteiger partial charge in [0.05, 0.1) is 12.6 Å². The van der Waals surface area contributed by atoms with Gasteiger partial charge in [0.15, 0.2) is 5.96 Å². The number of piperidine rings is 1. The lowest BCUT2D eigenvalue weighted by molar-refractivity contribution is 0.134. The molecule has 5 nitrogen and oxygen atoms in total. The maximum Gasteiger partial charge on any atom is 0.191 e. The monoisotopic (exact) mass is 408 g/mol. The van der Waals surface area contributed by atoms with E-state index in [1.807, 2.05) is 31.2 Å². The first-order chi connectivity index (χ1) is 14.5. The molecule has 0 saturated carbocycles. The highest BCUT2D eigenvalue weighted by Gasteiger charge is 2.26. The third-order valence-corrected chi connectivity index (χ3v) is 5.78. The number of aliphatic hydroxyl groups excluding tert-OH is 1. The van der Waals surface area contributed by atoms with E-state index < -0.39 is 6.10 Å². The summed E-state index contributed by atoms with van der Waals surface area (Å²) in [6, 6.07) is 19.6. The molecule has 0 bridgehead atoms. The van der Waals surface area contributed by atoms with Crippen LogP contribution in [0.3, 0.4) is 0 Å². The van der Waals surface area contributed by atoms with Crippen molar-refractivity contribution in [2.45, 2.75) is 58.3 Å². The molecular formula is C25H36N4O. The fraction of sp³-hybridized carbons (Fsp3) is 0.480. The van der Waals surface area contributed by atoms with Crippen LogP contribution in [0.4, 0.5) is 0 Å². The molecule has 1 fully saturated rings. The molecule has 1 saturated heterocycles. The topological polar surface area (TPSA) is 59.9 Å². The molecule has 2 aromatic carbocycles. The van der Waals surface area contributed by atoms with Crippen LogP contribution in [0.2, 0.25) is 0 Å². The molecule has 5 heteroatoms. The van der Waals surface area contributed by atoms with Gasteiger partial charge in [-0.1, -0.05) is 60.2 Å². The van der Waals surface area contributed by atoms with Gasteiger partial charge in [-0.3, -0.25) is 9.89 Å². The Kier molecular flexibility index (Phi) is 8.29. The van der Waals surface area contributed by atoms with Crippen LogP contribution in [0.15, 0.2) is 59.6 Å². The van der Waals surface area contributed by atoms with Crippen molar-refractivity contribution >= 4 is 5.96 Å². The number of benzene rings is 2. The largest absolute Gasteiger partial charge is 0.386 e. The molecule has 3 rings (SSSR count). The third kappa shape index (κ3) is 6.57. The van der Waals surface area contributed by atoms with E-state index >= 15 is 0 Å². The molecule has 0 aliphatic carbocycles. The first-order valence-electron chi connectivity index (χ1n) is 11.1. The summed E-state index contributed by atoms with van der Waals surface area (Å²) in [5.74, 6) is 0.790. The molecule has 0 radical (unpaired) electrons. The molecule has 0 amide bonds. The van der Waals surface area contributed by atoms with Crippen LogP contribution >= 0.6 is 0 Å². The number of hydrogen-bond donors (Lipinski definition) is 3. The predicted molar refractivity (Wildman–Crippen MR) is 125 cm³/mol. The van der Waals surface area contributed by atoms with Crippen molar-refractivity contribution in [2.24, 2.45) is 4.99 Å². The summed E-state index contributed by atoms with van der Waals surface area (Å²) in [7, 11) is 0. The van der Waals surface area contributed by atoms with Crippen molar-refractivity contribution in [3.63, 3.8) is 0 Å². The van der Waals surface area contributed by atoms with Gasteiger partial charge in [-0.25, -0.2) is 0 Å². The quantitative estimate of drug-likeness (QED) is 0.484. The van der Waals surface area contributed by atoms with Crippen molar-refractivity contribution in [3.8, 4) is 0 Å². The molecule has 162 valence electrons. The predicted octanol–water partition coefficient (Wildman–Crippen LogP) is 3.64. The van der Waals surface area contributed by atoms with Gasteiger partial charge < -0.3 is 15.7 Å². The highest BCUT2D eigenvalue weighted by atomic mass is 16.3. The number of nitrogens with zero attached hydrogens (tertiary/aromatic N) is 2. The highest BCUT2D eigenvalue weighted by Crippen LogP contribution is 2.20. The number of aliphatic imine (C=N–C) groups is 1. The van der Waals surface area contributed by atoms with Gasteiger partial charge in [0.1, 0.15) is 0 Å². The summed E-state index contributed by atoms with van der Waals surface area (Å²) in [6.07, 6.45) is 1.58. The smallest absolute Gasteiger partial charge is 0.191 e. The van der Waals surface area contributed by atoms with Gasteiger partial charge in [-0.15, -0.1) is 0 Å². The maximum atomic E-state index is 10.5. The summed E-state index contributed by atoms with van der Waals surface area (Å²) in [6.45, 7) is 9.64. The zero-order chi connectivity index (χ0) is 21.3. The first-order valence-corrected chi connectivity index (χ1v) is 11.1. The molecule has 2 aromatic rings. The Hall–Kier alpha value is -2.37. The molecule has 1 aliphatic heterocycles. The van der Waals surface area contributed by atoms with Gasteiger partial charge in [-0.05, 0) is 44.7 Å². The fourth-order valence-electron chi connectivity index (χ4n) is 4.08. The van der Waals surface area contributed by atoms with Crippen LogP contribution in [0, 0.1) is 6.92 Å². The van der Waals surface area contributed by atoms with Crippen LogP contribution in [-0.4, -0.2) is 47.7 Å². The molecule has 30 heavy (non-hydrogen) atoms. The van der Waals surface area contributed by atoms with E-state index in [4.69, 9.17) is 0 Å². The van der Waals surface area contributed by atoms with Gasteiger partial charge in [-0.2, -0.15) is 0 Å². The SMILES string of the molecule is CCNC(=NCC(O)c1cccc(C)c1)NC1CCN(Cc2ccccc2)C(C)C1. The van der Waals surface area contributed by atoms with Crippen molar-refractivity contribution < 1.29 is 5.11 Å². The molecule has 3 atom stereocenters. The Balaban J connectivity index is 1.54. The van der Waals surface area contributed by atoms with E-state index in [2.05, 4.69) is 64.7 Å². The minimum atomic E-state index is -0.591. The normalized spacial score (nSPS) is 21.3. The zero-order valence-electron chi connectivity index (χ0n) is 18.5. The number of aliphatic hydroxyl groups is 1. The molecule has 3 unspecified atom stereocenters. The van der Waals surface area contributed by atoms with Crippen molar-refractivity contribution in [2.75, 3.05) is 19.6 Å². The maximum absolute atomic E-state index is 10.5. The Morgan fingerprint density at radius 3 is 2.70 bits per heavy atom. The number of aryl methyl sites for hydroxylation is 1. The number of hydrogen-bond acceptors (Lipinski definition) is 3. The lowest BCUT2D eigenvalue weighted by Crippen LogP contribution is -2.51. The van der Waals surface area contributed by atoms with Gasteiger partial charge >= 0.3 is 0 Å². The molecule has 0 spiro atoms. The van der Waals surface area contributed by atoms with Crippen LogP contribution in [0.5, 0.6) is 0 Å². The second-order valence-corrected chi connectivity index (χ2v) is 8.32. The zero-order valence-corrected chi connectivity index (χ0v) is 18.5. The van der Waals surface area contributed by atoms with Crippen molar-refractivity contribution in [1.29, 1.82) is 0 Å². The lowest BCUT2D eigenvalue weighted by Gasteiger charge is -2.38. The Labute approximate surface area is 181 Å². The highest BCUT2D eigenvalue weighted by molar-refractivity contribution is 5.80. The standard InChI is InChI=1S/C25H36N4O/c1-4-26-25(27-17-24(30)22-12-8-9-19(2)15-22)28-23-13-14-29(20(3)16-23)18-21-10-6-5-7-11-21/h5-12,15,20,23-24,30H,4,13-14,16-18H2,1-3H3,(H2,26,27,28). The van der Waals surface area contributed by atoms with Crippen LogP contribution < -0.4 is 10.6 Å². The summed E-state index contributed by atoms with van der Waals surface area (Å²) >= 11 is 0. The van der Waals surface area contributed by atoms with Gasteiger partial charge in [0.2, 0.25) is 0 Å². The van der Waals surface area contributed by atoms with Crippen LogP contribution in [0.1, 0.15) is 49.5 Å². The number of likely N-dealkylation sites (tertiary alicyclic amines) is 1. The number of guanidine groups is 1. The van der Waals surface area contributed by atoms with E-state index in [1.54, 1.807) is 0 Å². The molecule has 3 N–H and O–H groups in total. The average molecular weight is 409 g/mol. The molecule has 1 heterocycles. The van der Waals surface area contributed by atoms with Gasteiger partial charge in [0.25, 0.3) is 0 Å². The molecule has 1 aliphatic rings. The summed E-state index contributed by atoms with van der Waals surface area (Å²) in [5.41, 5.74) is 3.44. The number of rotatable bonds is 7. The van der Waals surface area contributed by atoms with E-state index in [0.29, 0.717) is 18.6 Å². The minimum Gasteiger partial charge on any atom is -0.386 e. The van der Waals surface area contributed by atoms with E-state index in [9.17, 15) is 5.11 Å². The van der Waals surface area contributed by atoms with E-state index in [1.165, 1.54) is 5.56 Å². The number of nitrogens with one attached hydrogen (secondary N) is 2. The molecule has 0 aromatic heterocycles. The lowest BCUT2D eigenvalue weighted by atomic mass is 9.97. The fourth-order valence-corrected chi connectivity index (χ4v) is 4.08. The average Bonchev–Trinajstić information content (AvgIpc) is 2.74. The van der Waals surface area contributed by atoms with E-state index in [-0.39, 0.29) is 0 Å². The Morgan fingerprint density at radius 1 is 1.20 bits per heavy atom. The third-order valence-electron chi connectivity index (χ3n) is 5.78. The van der Waals surface area contributed by atoms with Crippen LogP contribution in [-0.2, 0) is 6.54 Å². The summed E-state index contributed by atoms with van der Waals surface area (Å²) < 4.78 is 0. The second kappa shape index (κ2) is 11.1. The second-order valence-electron chi connectivity index (χ2n) is 8.32. The Bertz CT molecular complexity index is 808. The van der Waals surface area contributed by atoms with Crippen molar-refractivity contribution in [1.82, 2.24) is 15.5 Å². The van der Waals surface area contributed by atoms with Crippen molar-refractivity contribution in [3.05, 3.63) is 71.3 Å². The van der Waals surface area contributed by atoms with E-state index in [0.717, 1.165) is 49.6 Å². The first kappa shape index (κ1) is 22.3.